The lowest BCUT2D eigenvalue weighted by Crippen LogP contribution is -2.00. The van der Waals surface area contributed by atoms with Crippen molar-refractivity contribution in [3.8, 4) is 0 Å². The van der Waals surface area contributed by atoms with Crippen molar-refractivity contribution in [3.05, 3.63) is 29.8 Å². The standard InChI is InChI=1S/C8H11N3OS/c1-13(12)11-8-4-2-7(3-5-8)6-10-9/h2-6,11H,9H2,1H3/b10-6+. The number of rotatable bonds is 3. The van der Waals surface area contributed by atoms with E-state index in [2.05, 4.69) is 9.82 Å². The summed E-state index contributed by atoms with van der Waals surface area (Å²) in [4.78, 5) is 0. The molecule has 0 saturated heterocycles. The van der Waals surface area contributed by atoms with E-state index in [0.29, 0.717) is 0 Å². The molecule has 1 atom stereocenters. The first-order valence-electron chi connectivity index (χ1n) is 3.66. The summed E-state index contributed by atoms with van der Waals surface area (Å²) < 4.78 is 13.5. The van der Waals surface area contributed by atoms with Gasteiger partial charge in [-0.15, -0.1) is 0 Å². The normalized spacial score (nSPS) is 13.0. The van der Waals surface area contributed by atoms with Gasteiger partial charge >= 0.3 is 0 Å². The highest BCUT2D eigenvalue weighted by molar-refractivity contribution is 7.85. The molecule has 1 rings (SSSR count). The fourth-order valence-corrected chi connectivity index (χ4v) is 1.36. The molecule has 0 aliphatic rings. The molecule has 70 valence electrons. The van der Waals surface area contributed by atoms with Crippen LogP contribution in [-0.2, 0) is 11.0 Å². The Morgan fingerprint density at radius 1 is 1.46 bits per heavy atom. The van der Waals surface area contributed by atoms with E-state index < -0.39 is 11.0 Å². The number of hydrazone groups is 1. The fourth-order valence-electron chi connectivity index (χ4n) is 0.889. The van der Waals surface area contributed by atoms with Crippen LogP contribution in [0.4, 0.5) is 5.69 Å². The molecule has 13 heavy (non-hydrogen) atoms. The van der Waals surface area contributed by atoms with Crippen LogP contribution < -0.4 is 10.6 Å². The molecule has 0 aromatic heterocycles. The highest BCUT2D eigenvalue weighted by Crippen LogP contribution is 2.08. The minimum atomic E-state index is -1.04. The summed E-state index contributed by atoms with van der Waals surface area (Å²) in [5.74, 6) is 4.98. The van der Waals surface area contributed by atoms with Gasteiger partial charge in [-0.3, -0.25) is 0 Å². The summed E-state index contributed by atoms with van der Waals surface area (Å²) in [6.45, 7) is 0. The molecular weight excluding hydrogens is 186 g/mol. The number of hydrogen-bond acceptors (Lipinski definition) is 3. The number of benzene rings is 1. The van der Waals surface area contributed by atoms with Crippen molar-refractivity contribution < 1.29 is 4.21 Å². The molecule has 0 radical (unpaired) electrons. The summed E-state index contributed by atoms with van der Waals surface area (Å²) >= 11 is 0. The van der Waals surface area contributed by atoms with Crippen LogP contribution in [0, 0.1) is 0 Å². The molecule has 0 amide bonds. The third-order valence-corrected chi connectivity index (χ3v) is 1.92. The lowest BCUT2D eigenvalue weighted by molar-refractivity contribution is 0.690. The van der Waals surface area contributed by atoms with Crippen LogP contribution in [0.3, 0.4) is 0 Å². The molecule has 0 heterocycles. The summed E-state index contributed by atoms with van der Waals surface area (Å²) in [7, 11) is -1.04. The molecule has 3 N–H and O–H groups in total. The van der Waals surface area contributed by atoms with Crippen LogP contribution in [0.25, 0.3) is 0 Å². The van der Waals surface area contributed by atoms with Gasteiger partial charge in [-0.25, -0.2) is 4.21 Å². The van der Waals surface area contributed by atoms with Crippen LogP contribution in [0.15, 0.2) is 29.4 Å². The molecule has 0 bridgehead atoms. The largest absolute Gasteiger partial charge is 0.323 e. The Morgan fingerprint density at radius 3 is 2.54 bits per heavy atom. The maximum Gasteiger partial charge on any atom is 0.113 e. The average Bonchev–Trinajstić information content (AvgIpc) is 2.08. The van der Waals surface area contributed by atoms with Gasteiger partial charge in [0.05, 0.1) is 6.21 Å². The Balaban J connectivity index is 2.75. The SMILES string of the molecule is CS(=O)Nc1ccc(/C=N/N)cc1. The predicted octanol–water partition coefficient (Wildman–Crippen LogP) is 0.685. The number of anilines is 1. The van der Waals surface area contributed by atoms with E-state index in [1.54, 1.807) is 12.5 Å². The summed E-state index contributed by atoms with van der Waals surface area (Å²) in [6, 6.07) is 7.31. The van der Waals surface area contributed by atoms with Crippen molar-refractivity contribution in [1.29, 1.82) is 0 Å². The van der Waals surface area contributed by atoms with Crippen LogP contribution in [-0.4, -0.2) is 16.7 Å². The maximum atomic E-state index is 10.8. The number of nitrogens with one attached hydrogen (secondary N) is 1. The van der Waals surface area contributed by atoms with E-state index in [0.717, 1.165) is 11.3 Å². The molecule has 0 aliphatic carbocycles. The van der Waals surface area contributed by atoms with E-state index in [1.165, 1.54) is 0 Å². The zero-order chi connectivity index (χ0) is 9.68. The molecular formula is C8H11N3OS. The zero-order valence-corrected chi connectivity index (χ0v) is 8.04. The van der Waals surface area contributed by atoms with Gasteiger partial charge in [-0.2, -0.15) is 5.10 Å². The topological polar surface area (TPSA) is 67.5 Å². The summed E-state index contributed by atoms with van der Waals surface area (Å²) in [5.41, 5.74) is 1.73. The summed E-state index contributed by atoms with van der Waals surface area (Å²) in [5, 5.41) is 3.39. The van der Waals surface area contributed by atoms with Crippen molar-refractivity contribution in [2.45, 2.75) is 0 Å². The number of nitrogens with zero attached hydrogens (tertiary/aromatic N) is 1. The second-order valence-corrected chi connectivity index (χ2v) is 3.57. The molecule has 5 heteroatoms. The van der Waals surface area contributed by atoms with E-state index >= 15 is 0 Å². The van der Waals surface area contributed by atoms with Crippen molar-refractivity contribution in [2.24, 2.45) is 10.9 Å². The first-order chi connectivity index (χ1) is 6.22. The Labute approximate surface area is 79.4 Å². The molecule has 1 aromatic carbocycles. The van der Waals surface area contributed by atoms with Gasteiger partial charge in [-0.1, -0.05) is 12.1 Å². The van der Waals surface area contributed by atoms with Gasteiger partial charge < -0.3 is 10.6 Å². The maximum absolute atomic E-state index is 10.8. The molecule has 4 nitrogen and oxygen atoms in total. The highest BCUT2D eigenvalue weighted by atomic mass is 32.2. The molecule has 1 unspecified atom stereocenters. The van der Waals surface area contributed by atoms with E-state index in [9.17, 15) is 4.21 Å². The lowest BCUT2D eigenvalue weighted by Gasteiger charge is -2.01. The second kappa shape index (κ2) is 4.61. The minimum absolute atomic E-state index is 0.815. The van der Waals surface area contributed by atoms with Gasteiger partial charge in [-0.05, 0) is 17.7 Å². The van der Waals surface area contributed by atoms with Gasteiger partial charge in [0.15, 0.2) is 0 Å². The first kappa shape index (κ1) is 9.73. The lowest BCUT2D eigenvalue weighted by atomic mass is 10.2. The van der Waals surface area contributed by atoms with Crippen molar-refractivity contribution in [2.75, 3.05) is 11.0 Å². The van der Waals surface area contributed by atoms with Gasteiger partial charge in [0.25, 0.3) is 0 Å². The van der Waals surface area contributed by atoms with Crippen LogP contribution in [0.2, 0.25) is 0 Å². The summed E-state index contributed by atoms with van der Waals surface area (Å²) in [6.07, 6.45) is 3.13. The minimum Gasteiger partial charge on any atom is -0.323 e. The van der Waals surface area contributed by atoms with Crippen LogP contribution in [0.1, 0.15) is 5.56 Å². The fraction of sp³-hybridized carbons (Fsp3) is 0.125. The smallest absolute Gasteiger partial charge is 0.113 e. The van der Waals surface area contributed by atoms with E-state index in [-0.39, 0.29) is 0 Å². The number of nitrogens with two attached hydrogens (primary N) is 1. The van der Waals surface area contributed by atoms with Crippen molar-refractivity contribution in [1.82, 2.24) is 0 Å². The Morgan fingerprint density at radius 2 is 2.08 bits per heavy atom. The van der Waals surface area contributed by atoms with Crippen molar-refractivity contribution >= 4 is 22.9 Å². The third-order valence-electron chi connectivity index (χ3n) is 1.40. The third kappa shape index (κ3) is 3.25. The van der Waals surface area contributed by atoms with E-state index in [4.69, 9.17) is 5.84 Å². The molecule has 1 aromatic rings. The molecule has 0 saturated carbocycles. The Hall–Kier alpha value is -1.36. The van der Waals surface area contributed by atoms with Gasteiger partial charge in [0, 0.05) is 11.9 Å². The van der Waals surface area contributed by atoms with E-state index in [1.807, 2.05) is 24.3 Å². The predicted molar refractivity (Wildman–Crippen MR) is 55.9 cm³/mol. The van der Waals surface area contributed by atoms with Gasteiger partial charge in [0.1, 0.15) is 11.0 Å². The Kier molecular flexibility index (Phi) is 3.45. The zero-order valence-electron chi connectivity index (χ0n) is 7.23. The molecule has 0 fully saturated rings. The molecule has 0 spiro atoms. The van der Waals surface area contributed by atoms with Crippen LogP contribution in [0.5, 0.6) is 0 Å². The van der Waals surface area contributed by atoms with Gasteiger partial charge in [0.2, 0.25) is 0 Å². The number of hydrogen-bond donors (Lipinski definition) is 2. The first-order valence-corrected chi connectivity index (χ1v) is 5.21. The Bertz CT molecular complexity index is 321. The average molecular weight is 197 g/mol. The highest BCUT2D eigenvalue weighted by Gasteiger charge is 1.92. The van der Waals surface area contributed by atoms with Crippen molar-refractivity contribution in [3.63, 3.8) is 0 Å². The second-order valence-electron chi connectivity index (χ2n) is 2.46. The van der Waals surface area contributed by atoms with Crippen LogP contribution >= 0.6 is 0 Å². The molecule has 0 aliphatic heterocycles. The quantitative estimate of drug-likeness (QED) is 0.425. The monoisotopic (exact) mass is 197 g/mol.